The number of aromatic amines is 1. The number of nitrogens with zero attached hydrogens (tertiary/aromatic N) is 1. The van der Waals surface area contributed by atoms with E-state index in [1.54, 1.807) is 43.5 Å². The van der Waals surface area contributed by atoms with E-state index in [1.165, 1.54) is 4.31 Å². The van der Waals surface area contributed by atoms with Gasteiger partial charge in [-0.1, -0.05) is 41.9 Å². The number of rotatable bonds is 8. The van der Waals surface area contributed by atoms with Gasteiger partial charge in [0.15, 0.2) is 0 Å². The first-order valence-corrected chi connectivity index (χ1v) is 11.7. The Balaban J connectivity index is 1.64. The number of hydrogen-bond acceptors (Lipinski definition) is 3. The summed E-state index contributed by atoms with van der Waals surface area (Å²) in [5.41, 5.74) is 2.91. The van der Waals surface area contributed by atoms with E-state index >= 15 is 0 Å². The second-order valence-electron chi connectivity index (χ2n) is 7.25. The highest BCUT2D eigenvalue weighted by Crippen LogP contribution is 2.25. The minimum atomic E-state index is -3.66. The number of sulfonamides is 1. The molecule has 1 aromatic heterocycles. The van der Waals surface area contributed by atoms with Crippen molar-refractivity contribution in [2.75, 3.05) is 13.7 Å². The third kappa shape index (κ3) is 4.77. The van der Waals surface area contributed by atoms with E-state index in [0.29, 0.717) is 18.0 Å². The minimum absolute atomic E-state index is 0.264. The quantitative estimate of drug-likeness (QED) is 0.395. The first-order valence-electron chi connectivity index (χ1n) is 9.91. The van der Waals surface area contributed by atoms with Gasteiger partial charge in [-0.15, -0.1) is 0 Å². The molecule has 0 saturated heterocycles. The van der Waals surface area contributed by atoms with Gasteiger partial charge in [-0.2, -0.15) is 4.31 Å². The van der Waals surface area contributed by atoms with Crippen LogP contribution in [0.2, 0.25) is 5.02 Å². The van der Waals surface area contributed by atoms with Crippen molar-refractivity contribution >= 4 is 32.5 Å². The van der Waals surface area contributed by atoms with Gasteiger partial charge in [-0.25, -0.2) is 8.42 Å². The van der Waals surface area contributed by atoms with Crippen molar-refractivity contribution in [3.63, 3.8) is 0 Å². The molecule has 0 radical (unpaired) electrons. The van der Waals surface area contributed by atoms with Crippen molar-refractivity contribution in [3.05, 3.63) is 95.1 Å². The van der Waals surface area contributed by atoms with Crippen LogP contribution < -0.4 is 4.74 Å². The molecule has 5 nitrogen and oxygen atoms in total. The lowest BCUT2D eigenvalue weighted by Crippen LogP contribution is -2.32. The summed E-state index contributed by atoms with van der Waals surface area (Å²) in [5, 5.41) is 1.65. The molecule has 0 bridgehead atoms. The predicted octanol–water partition coefficient (Wildman–Crippen LogP) is 5.26. The lowest BCUT2D eigenvalue weighted by molar-refractivity contribution is 0.409. The average Bonchev–Trinajstić information content (AvgIpc) is 3.20. The number of fused-ring (bicyclic) bond motifs is 1. The fourth-order valence-corrected chi connectivity index (χ4v) is 5.13. The molecule has 7 heteroatoms. The molecule has 4 aromatic rings. The van der Waals surface area contributed by atoms with Crippen LogP contribution in [0.4, 0.5) is 0 Å². The van der Waals surface area contributed by atoms with Gasteiger partial charge < -0.3 is 9.72 Å². The maximum atomic E-state index is 13.4. The third-order valence-electron chi connectivity index (χ3n) is 5.26. The van der Waals surface area contributed by atoms with E-state index in [4.69, 9.17) is 16.3 Å². The zero-order valence-electron chi connectivity index (χ0n) is 17.1. The summed E-state index contributed by atoms with van der Waals surface area (Å²) in [4.78, 5) is 3.53. The van der Waals surface area contributed by atoms with Gasteiger partial charge >= 0.3 is 0 Å². The van der Waals surface area contributed by atoms with Crippen LogP contribution in [0.1, 0.15) is 11.1 Å². The van der Waals surface area contributed by atoms with E-state index in [1.807, 2.05) is 42.6 Å². The smallest absolute Gasteiger partial charge is 0.243 e. The number of aromatic nitrogens is 1. The lowest BCUT2D eigenvalue weighted by Gasteiger charge is -2.22. The topological polar surface area (TPSA) is 62.4 Å². The number of methoxy groups -OCH3 is 1. The molecule has 160 valence electrons. The summed E-state index contributed by atoms with van der Waals surface area (Å²) in [6, 6.07) is 21.6. The molecular weight excluding hydrogens is 432 g/mol. The molecule has 1 heterocycles. The number of nitrogens with one attached hydrogen (secondary N) is 1. The largest absolute Gasteiger partial charge is 0.497 e. The van der Waals surface area contributed by atoms with Gasteiger partial charge in [0.05, 0.1) is 12.0 Å². The van der Waals surface area contributed by atoms with E-state index in [9.17, 15) is 8.42 Å². The summed E-state index contributed by atoms with van der Waals surface area (Å²) in [6.45, 7) is 0.601. The molecule has 4 rings (SSSR count). The van der Waals surface area contributed by atoms with Gasteiger partial charge in [-0.3, -0.25) is 0 Å². The monoisotopic (exact) mass is 454 g/mol. The van der Waals surface area contributed by atoms with Gasteiger partial charge in [0.1, 0.15) is 5.75 Å². The molecule has 0 aliphatic carbocycles. The Labute approximate surface area is 187 Å². The van der Waals surface area contributed by atoms with Crippen molar-refractivity contribution in [2.24, 2.45) is 0 Å². The third-order valence-corrected chi connectivity index (χ3v) is 7.37. The maximum Gasteiger partial charge on any atom is 0.243 e. The van der Waals surface area contributed by atoms with Crippen molar-refractivity contribution in [3.8, 4) is 5.75 Å². The van der Waals surface area contributed by atoms with Crippen LogP contribution >= 0.6 is 11.6 Å². The summed E-state index contributed by atoms with van der Waals surface area (Å²) < 4.78 is 33.7. The summed E-state index contributed by atoms with van der Waals surface area (Å²) in [7, 11) is -2.03. The number of halogens is 1. The SMILES string of the molecule is COc1ccc2[nH]cc(CCN(Cc3ccc(Cl)cc3)S(=O)(=O)c3ccccc3)c2c1. The van der Waals surface area contributed by atoms with Gasteiger partial charge in [0, 0.05) is 35.2 Å². The molecule has 0 amide bonds. The van der Waals surface area contributed by atoms with Crippen LogP contribution in [0.5, 0.6) is 5.75 Å². The normalized spacial score (nSPS) is 11.8. The van der Waals surface area contributed by atoms with E-state index < -0.39 is 10.0 Å². The van der Waals surface area contributed by atoms with Crippen LogP contribution in [-0.4, -0.2) is 31.4 Å². The van der Waals surface area contributed by atoms with E-state index in [0.717, 1.165) is 27.8 Å². The zero-order chi connectivity index (χ0) is 21.8. The van der Waals surface area contributed by atoms with Crippen molar-refractivity contribution in [2.45, 2.75) is 17.9 Å². The van der Waals surface area contributed by atoms with E-state index in [-0.39, 0.29) is 11.4 Å². The second-order valence-corrected chi connectivity index (χ2v) is 9.63. The Bertz CT molecular complexity index is 1270. The van der Waals surface area contributed by atoms with E-state index in [2.05, 4.69) is 4.98 Å². The summed E-state index contributed by atoms with van der Waals surface area (Å²) in [6.07, 6.45) is 2.49. The van der Waals surface area contributed by atoms with Crippen molar-refractivity contribution in [1.82, 2.24) is 9.29 Å². The standard InChI is InChI=1S/C24H23ClN2O3S/c1-30-21-11-12-24-23(15-21)19(16-26-24)13-14-27(17-18-7-9-20(25)10-8-18)31(28,29)22-5-3-2-4-6-22/h2-12,15-16,26H,13-14,17H2,1H3. The highest BCUT2D eigenvalue weighted by Gasteiger charge is 2.24. The maximum absolute atomic E-state index is 13.4. The predicted molar refractivity (Wildman–Crippen MR) is 124 cm³/mol. The molecule has 0 spiro atoms. The molecule has 31 heavy (non-hydrogen) atoms. The molecule has 1 N–H and O–H groups in total. The first kappa shape index (κ1) is 21.4. The zero-order valence-corrected chi connectivity index (χ0v) is 18.7. The molecule has 0 unspecified atom stereocenters. The number of ether oxygens (including phenoxy) is 1. The van der Waals surface area contributed by atoms with Crippen molar-refractivity contribution < 1.29 is 13.2 Å². The molecule has 0 atom stereocenters. The number of hydrogen-bond donors (Lipinski definition) is 1. The molecule has 3 aromatic carbocycles. The van der Waals surface area contributed by atoms with Crippen LogP contribution in [0.25, 0.3) is 10.9 Å². The Morgan fingerprint density at radius 3 is 2.45 bits per heavy atom. The lowest BCUT2D eigenvalue weighted by atomic mass is 10.1. The Hall–Kier alpha value is -2.80. The minimum Gasteiger partial charge on any atom is -0.497 e. The van der Waals surface area contributed by atoms with Crippen LogP contribution in [-0.2, 0) is 23.0 Å². The molecular formula is C24H23ClN2O3S. The summed E-state index contributed by atoms with van der Waals surface area (Å²) in [5.74, 6) is 0.767. The number of H-pyrrole nitrogens is 1. The van der Waals surface area contributed by atoms with Crippen LogP contribution in [0, 0.1) is 0 Å². The Kier molecular flexibility index (Phi) is 6.32. The van der Waals surface area contributed by atoms with Crippen LogP contribution in [0.15, 0.2) is 83.9 Å². The second kappa shape index (κ2) is 9.14. The molecule has 0 aliphatic rings. The molecule has 0 saturated carbocycles. The highest BCUT2D eigenvalue weighted by molar-refractivity contribution is 7.89. The number of benzene rings is 3. The van der Waals surface area contributed by atoms with Crippen LogP contribution in [0.3, 0.4) is 0 Å². The first-order chi connectivity index (χ1) is 15.0. The average molecular weight is 455 g/mol. The fraction of sp³-hybridized carbons (Fsp3) is 0.167. The summed E-state index contributed by atoms with van der Waals surface area (Å²) >= 11 is 6.00. The Morgan fingerprint density at radius 1 is 1.00 bits per heavy atom. The van der Waals surface area contributed by atoms with Gasteiger partial charge in [0.2, 0.25) is 10.0 Å². The molecule has 0 aliphatic heterocycles. The van der Waals surface area contributed by atoms with Gasteiger partial charge in [0.25, 0.3) is 0 Å². The van der Waals surface area contributed by atoms with Crippen molar-refractivity contribution in [1.29, 1.82) is 0 Å². The highest BCUT2D eigenvalue weighted by atomic mass is 35.5. The fourth-order valence-electron chi connectivity index (χ4n) is 3.56. The van der Waals surface area contributed by atoms with Gasteiger partial charge in [-0.05, 0) is 60.0 Å². The molecule has 0 fully saturated rings. The Morgan fingerprint density at radius 2 is 1.74 bits per heavy atom.